The predicted molar refractivity (Wildman–Crippen MR) is 94.3 cm³/mol. The van der Waals surface area contributed by atoms with Crippen molar-refractivity contribution in [3.05, 3.63) is 63.6 Å². The number of amides is 1. The van der Waals surface area contributed by atoms with Crippen LogP contribution in [-0.4, -0.2) is 27.9 Å². The summed E-state index contributed by atoms with van der Waals surface area (Å²) in [5, 5.41) is 16.6. The van der Waals surface area contributed by atoms with Crippen molar-refractivity contribution in [2.45, 2.75) is 37.8 Å². The van der Waals surface area contributed by atoms with Gasteiger partial charge in [0.1, 0.15) is 5.82 Å². The zero-order valence-electron chi connectivity index (χ0n) is 14.6. The molecule has 1 fully saturated rings. The molecular formula is C18H17F3N4O3. The van der Waals surface area contributed by atoms with Crippen molar-refractivity contribution in [3.8, 4) is 0 Å². The molecular weight excluding hydrogens is 377 g/mol. The molecule has 1 heterocycles. The first-order valence-electron chi connectivity index (χ1n) is 8.66. The summed E-state index contributed by atoms with van der Waals surface area (Å²) in [7, 11) is 0. The summed E-state index contributed by atoms with van der Waals surface area (Å²) in [6.45, 7) is 0. The number of hydrogen-bond donors (Lipinski definition) is 2. The van der Waals surface area contributed by atoms with Crippen LogP contribution in [0.4, 0.5) is 24.7 Å². The lowest BCUT2D eigenvalue weighted by molar-refractivity contribution is -0.384. The van der Waals surface area contributed by atoms with Crippen LogP contribution in [0.15, 0.2) is 30.5 Å². The van der Waals surface area contributed by atoms with Crippen LogP contribution in [0.5, 0.6) is 0 Å². The van der Waals surface area contributed by atoms with Crippen LogP contribution in [0.3, 0.4) is 0 Å². The molecule has 0 aliphatic heterocycles. The molecule has 0 unspecified atom stereocenters. The van der Waals surface area contributed by atoms with Gasteiger partial charge in [0.2, 0.25) is 0 Å². The normalized spacial score (nSPS) is 19.1. The lowest BCUT2D eigenvalue weighted by Gasteiger charge is -2.30. The number of halogens is 3. The van der Waals surface area contributed by atoms with Crippen molar-refractivity contribution in [3.63, 3.8) is 0 Å². The number of hydrogen-bond acceptors (Lipinski definition) is 5. The minimum absolute atomic E-state index is 0.0309. The highest BCUT2D eigenvalue weighted by Gasteiger charge is 2.24. The van der Waals surface area contributed by atoms with Gasteiger partial charge in [-0.25, -0.2) is 18.2 Å². The third kappa shape index (κ3) is 4.56. The molecule has 28 heavy (non-hydrogen) atoms. The molecule has 10 heteroatoms. The maximum atomic E-state index is 13.3. The van der Waals surface area contributed by atoms with Crippen molar-refractivity contribution < 1.29 is 22.9 Å². The van der Waals surface area contributed by atoms with Crippen molar-refractivity contribution in [2.75, 3.05) is 5.32 Å². The van der Waals surface area contributed by atoms with Gasteiger partial charge < -0.3 is 10.6 Å². The van der Waals surface area contributed by atoms with E-state index in [4.69, 9.17) is 0 Å². The predicted octanol–water partition coefficient (Wildman–Crippen LogP) is 3.56. The van der Waals surface area contributed by atoms with Gasteiger partial charge in [-0.15, -0.1) is 0 Å². The summed E-state index contributed by atoms with van der Waals surface area (Å²) < 4.78 is 39.5. The van der Waals surface area contributed by atoms with Crippen molar-refractivity contribution in [1.29, 1.82) is 0 Å². The molecule has 2 N–H and O–H groups in total. The molecule has 0 radical (unpaired) electrons. The Morgan fingerprint density at radius 1 is 1.07 bits per heavy atom. The number of pyridine rings is 1. The van der Waals surface area contributed by atoms with E-state index >= 15 is 0 Å². The van der Waals surface area contributed by atoms with Gasteiger partial charge >= 0.3 is 0 Å². The van der Waals surface area contributed by atoms with Crippen LogP contribution < -0.4 is 10.6 Å². The molecule has 0 atom stereocenters. The van der Waals surface area contributed by atoms with Gasteiger partial charge in [0, 0.05) is 29.9 Å². The van der Waals surface area contributed by atoms with E-state index in [1.807, 2.05) is 0 Å². The van der Waals surface area contributed by atoms with Gasteiger partial charge in [0.15, 0.2) is 17.5 Å². The summed E-state index contributed by atoms with van der Waals surface area (Å²) >= 11 is 0. The van der Waals surface area contributed by atoms with Crippen LogP contribution in [-0.2, 0) is 0 Å². The Labute approximate surface area is 158 Å². The summed E-state index contributed by atoms with van der Waals surface area (Å²) in [5.41, 5.74) is -0.338. The van der Waals surface area contributed by atoms with Gasteiger partial charge in [0.05, 0.1) is 11.0 Å². The van der Waals surface area contributed by atoms with Gasteiger partial charge in [-0.2, -0.15) is 0 Å². The zero-order valence-corrected chi connectivity index (χ0v) is 14.6. The van der Waals surface area contributed by atoms with E-state index in [1.54, 1.807) is 0 Å². The van der Waals surface area contributed by atoms with E-state index in [1.165, 1.54) is 18.3 Å². The van der Waals surface area contributed by atoms with E-state index in [-0.39, 0.29) is 23.3 Å². The van der Waals surface area contributed by atoms with E-state index in [0.717, 1.165) is 0 Å². The Morgan fingerprint density at radius 3 is 2.29 bits per heavy atom. The lowest BCUT2D eigenvalue weighted by Crippen LogP contribution is -2.40. The van der Waals surface area contributed by atoms with Crippen LogP contribution in [0, 0.1) is 27.6 Å². The Bertz CT molecular complexity index is 878. The molecule has 1 saturated carbocycles. The monoisotopic (exact) mass is 394 g/mol. The molecule has 3 rings (SSSR count). The summed E-state index contributed by atoms with van der Waals surface area (Å²) in [6, 6.07) is 3.82. The fraction of sp³-hybridized carbons (Fsp3) is 0.333. The van der Waals surface area contributed by atoms with Crippen LogP contribution in [0.1, 0.15) is 36.0 Å². The second kappa shape index (κ2) is 8.24. The lowest BCUT2D eigenvalue weighted by atomic mass is 9.91. The number of nitrogens with one attached hydrogen (secondary N) is 2. The van der Waals surface area contributed by atoms with Crippen LogP contribution in [0.2, 0.25) is 0 Å². The molecule has 1 aliphatic carbocycles. The highest BCUT2D eigenvalue weighted by atomic mass is 19.2. The van der Waals surface area contributed by atoms with Crippen LogP contribution in [0.25, 0.3) is 0 Å². The highest BCUT2D eigenvalue weighted by molar-refractivity contribution is 5.94. The second-order valence-corrected chi connectivity index (χ2v) is 6.58. The maximum absolute atomic E-state index is 13.3. The number of aromatic nitrogens is 1. The fourth-order valence-corrected chi connectivity index (χ4v) is 3.16. The van der Waals surface area contributed by atoms with Crippen LogP contribution >= 0.6 is 0 Å². The molecule has 0 saturated heterocycles. The number of carbonyl (C=O) groups is 1. The number of nitrogens with zero attached hydrogens (tertiary/aromatic N) is 2. The van der Waals surface area contributed by atoms with Crippen molar-refractivity contribution in [2.24, 2.45) is 0 Å². The number of carbonyl (C=O) groups excluding carboxylic acids is 1. The standard InChI is InChI=1S/C18H17F3N4O3/c19-14-7-10(8-15(20)17(14)21)18(26)24-12-3-1-11(2-4-12)23-16-9-13(25(27)28)5-6-22-16/h5-9,11-12H,1-4H2,(H,22,23)(H,24,26). The topological polar surface area (TPSA) is 97.2 Å². The summed E-state index contributed by atoms with van der Waals surface area (Å²) in [6.07, 6.45) is 3.89. The first-order valence-corrected chi connectivity index (χ1v) is 8.66. The zero-order chi connectivity index (χ0) is 20.3. The third-order valence-corrected chi connectivity index (χ3v) is 4.61. The first-order chi connectivity index (χ1) is 13.3. The minimum atomic E-state index is -1.61. The molecule has 1 aliphatic rings. The van der Waals surface area contributed by atoms with E-state index in [2.05, 4.69) is 15.6 Å². The molecule has 7 nitrogen and oxygen atoms in total. The molecule has 0 bridgehead atoms. The quantitative estimate of drug-likeness (QED) is 0.459. The van der Waals surface area contributed by atoms with Gasteiger partial charge in [-0.1, -0.05) is 0 Å². The number of anilines is 1. The van der Waals surface area contributed by atoms with Crippen molar-refractivity contribution in [1.82, 2.24) is 10.3 Å². The average molecular weight is 394 g/mol. The molecule has 1 aromatic heterocycles. The number of rotatable bonds is 5. The number of benzene rings is 1. The Kier molecular flexibility index (Phi) is 5.76. The minimum Gasteiger partial charge on any atom is -0.367 e. The Morgan fingerprint density at radius 2 is 1.68 bits per heavy atom. The van der Waals surface area contributed by atoms with E-state index in [0.29, 0.717) is 43.6 Å². The Balaban J connectivity index is 1.53. The van der Waals surface area contributed by atoms with Crippen molar-refractivity contribution >= 4 is 17.4 Å². The van der Waals surface area contributed by atoms with E-state index in [9.17, 15) is 28.1 Å². The second-order valence-electron chi connectivity index (χ2n) is 6.58. The number of nitro groups is 1. The molecule has 1 aromatic carbocycles. The largest absolute Gasteiger partial charge is 0.367 e. The smallest absolute Gasteiger partial charge is 0.274 e. The Hall–Kier alpha value is -3.17. The van der Waals surface area contributed by atoms with E-state index < -0.39 is 28.3 Å². The first kappa shape index (κ1) is 19.6. The molecule has 148 valence electrons. The summed E-state index contributed by atoms with van der Waals surface area (Å²) in [4.78, 5) is 26.5. The van der Waals surface area contributed by atoms with Gasteiger partial charge in [0.25, 0.3) is 11.6 Å². The third-order valence-electron chi connectivity index (χ3n) is 4.61. The summed E-state index contributed by atoms with van der Waals surface area (Å²) in [5.74, 6) is -4.71. The maximum Gasteiger partial charge on any atom is 0.274 e. The molecule has 1 amide bonds. The van der Waals surface area contributed by atoms with Gasteiger partial charge in [-0.05, 0) is 37.8 Å². The SMILES string of the molecule is O=C(NC1CCC(Nc2cc([N+](=O)[O-])ccn2)CC1)c1cc(F)c(F)c(F)c1. The van der Waals surface area contributed by atoms with Gasteiger partial charge in [-0.3, -0.25) is 14.9 Å². The molecule has 0 spiro atoms. The fourth-order valence-electron chi connectivity index (χ4n) is 3.16. The average Bonchev–Trinajstić information content (AvgIpc) is 2.67. The highest BCUT2D eigenvalue weighted by Crippen LogP contribution is 2.23. The molecule has 2 aromatic rings.